The predicted molar refractivity (Wildman–Crippen MR) is 32.6 cm³/mol. The van der Waals surface area contributed by atoms with Gasteiger partial charge < -0.3 is 9.94 Å². The van der Waals surface area contributed by atoms with Gasteiger partial charge in [-0.1, -0.05) is 0 Å². The molecule has 4 heteroatoms. The molecule has 0 aromatic heterocycles. The molecule has 0 aromatic carbocycles. The van der Waals surface area contributed by atoms with Crippen molar-refractivity contribution in [1.82, 2.24) is 5.01 Å². The SMILES string of the molecule is C[NH+]([O-])N1CCOCC1. The first kappa shape index (κ1) is 6.95. The molecule has 1 fully saturated rings. The van der Waals surface area contributed by atoms with Gasteiger partial charge in [-0.05, 0) is 0 Å². The molecule has 1 atom stereocenters. The summed E-state index contributed by atoms with van der Waals surface area (Å²) in [4.78, 5) is 0. The number of rotatable bonds is 1. The summed E-state index contributed by atoms with van der Waals surface area (Å²) < 4.78 is 5.06. The fourth-order valence-corrected chi connectivity index (χ4v) is 0.878. The normalized spacial score (nSPS) is 26.0. The fraction of sp³-hybridized carbons (Fsp3) is 1.00. The lowest BCUT2D eigenvalue weighted by Gasteiger charge is -2.32. The lowest BCUT2D eigenvalue weighted by atomic mass is 10.5. The van der Waals surface area contributed by atoms with Gasteiger partial charge in [0.25, 0.3) is 0 Å². The lowest BCUT2D eigenvalue weighted by molar-refractivity contribution is -0.955. The number of nitrogens with one attached hydrogen (secondary N) is 1. The van der Waals surface area contributed by atoms with E-state index in [4.69, 9.17) is 4.74 Å². The molecule has 1 aliphatic heterocycles. The summed E-state index contributed by atoms with van der Waals surface area (Å²) in [5.41, 5.74) is 0. The van der Waals surface area contributed by atoms with Crippen LogP contribution in [0.3, 0.4) is 0 Å². The highest BCUT2D eigenvalue weighted by Crippen LogP contribution is 1.87. The molecule has 9 heavy (non-hydrogen) atoms. The first-order valence-electron chi connectivity index (χ1n) is 3.14. The van der Waals surface area contributed by atoms with E-state index in [9.17, 15) is 5.21 Å². The Bertz CT molecular complexity index is 81.0. The topological polar surface area (TPSA) is 40.0 Å². The van der Waals surface area contributed by atoms with Crippen molar-refractivity contribution in [1.29, 1.82) is 0 Å². The molecule has 1 saturated heterocycles. The molecule has 0 aliphatic carbocycles. The molecular formula is C5H12N2O2. The van der Waals surface area contributed by atoms with Gasteiger partial charge in [0.15, 0.2) is 0 Å². The summed E-state index contributed by atoms with van der Waals surface area (Å²) >= 11 is 0. The van der Waals surface area contributed by atoms with Gasteiger partial charge in [0.05, 0.1) is 33.4 Å². The van der Waals surface area contributed by atoms with Gasteiger partial charge >= 0.3 is 0 Å². The van der Waals surface area contributed by atoms with Crippen molar-refractivity contribution >= 4 is 0 Å². The molecule has 1 rings (SSSR count). The van der Waals surface area contributed by atoms with E-state index in [-0.39, 0.29) is 5.17 Å². The Morgan fingerprint density at radius 2 is 2.00 bits per heavy atom. The van der Waals surface area contributed by atoms with Crippen LogP contribution in [0, 0.1) is 5.21 Å². The molecule has 1 N–H and O–H groups in total. The third-order valence-electron chi connectivity index (χ3n) is 1.46. The minimum atomic E-state index is 0.151. The van der Waals surface area contributed by atoms with Gasteiger partial charge in [0, 0.05) is 0 Å². The van der Waals surface area contributed by atoms with E-state index < -0.39 is 0 Å². The molecule has 0 saturated carbocycles. The highest BCUT2D eigenvalue weighted by Gasteiger charge is 2.12. The van der Waals surface area contributed by atoms with Gasteiger partial charge in [-0.15, -0.1) is 0 Å². The molecule has 0 amide bonds. The number of morpholine rings is 1. The van der Waals surface area contributed by atoms with Crippen molar-refractivity contribution in [2.75, 3.05) is 33.4 Å². The average molecular weight is 132 g/mol. The third-order valence-corrected chi connectivity index (χ3v) is 1.46. The quantitative estimate of drug-likeness (QED) is 0.430. The molecule has 0 spiro atoms. The van der Waals surface area contributed by atoms with E-state index in [1.165, 1.54) is 0 Å². The first-order chi connectivity index (χ1) is 4.30. The zero-order chi connectivity index (χ0) is 6.69. The smallest absolute Gasteiger partial charge is 0.0841 e. The first-order valence-corrected chi connectivity index (χ1v) is 3.14. The van der Waals surface area contributed by atoms with Crippen LogP contribution in [-0.2, 0) is 4.74 Å². The number of quaternary nitrogens is 1. The molecule has 54 valence electrons. The Morgan fingerprint density at radius 1 is 1.44 bits per heavy atom. The van der Waals surface area contributed by atoms with Gasteiger partial charge in [-0.3, -0.25) is 5.17 Å². The van der Waals surface area contributed by atoms with E-state index >= 15 is 0 Å². The standard InChI is InChI=1S/C5H12N2O2/c1-6(8)7-2-4-9-5-3-7/h6H,2-5H2,1H3. The summed E-state index contributed by atoms with van der Waals surface area (Å²) in [7, 11) is 1.59. The van der Waals surface area contributed by atoms with Crippen LogP contribution in [0.4, 0.5) is 0 Å². The molecule has 1 unspecified atom stereocenters. The van der Waals surface area contributed by atoms with E-state index in [0.717, 1.165) is 13.1 Å². The van der Waals surface area contributed by atoms with E-state index in [0.29, 0.717) is 13.2 Å². The third kappa shape index (κ3) is 1.91. The summed E-state index contributed by atoms with van der Waals surface area (Å²) in [6, 6.07) is 0. The molecule has 0 bridgehead atoms. The minimum absolute atomic E-state index is 0.151. The van der Waals surface area contributed by atoms with Gasteiger partial charge in [0.2, 0.25) is 0 Å². The van der Waals surface area contributed by atoms with Gasteiger partial charge in [-0.25, -0.2) is 0 Å². The van der Waals surface area contributed by atoms with Crippen molar-refractivity contribution in [2.45, 2.75) is 0 Å². The fourth-order valence-electron chi connectivity index (χ4n) is 0.878. The molecule has 0 aromatic rings. The molecule has 1 heterocycles. The monoisotopic (exact) mass is 132 g/mol. The Balaban J connectivity index is 2.23. The van der Waals surface area contributed by atoms with Crippen LogP contribution in [0.15, 0.2) is 0 Å². The Kier molecular flexibility index (Phi) is 2.41. The second-order valence-electron chi connectivity index (χ2n) is 2.12. The van der Waals surface area contributed by atoms with Crippen LogP contribution < -0.4 is 5.17 Å². The van der Waals surface area contributed by atoms with Crippen molar-refractivity contribution < 1.29 is 9.91 Å². The highest BCUT2D eigenvalue weighted by molar-refractivity contribution is 4.49. The largest absolute Gasteiger partial charge is 0.613 e. The summed E-state index contributed by atoms with van der Waals surface area (Å²) in [5.74, 6) is 0. The second kappa shape index (κ2) is 3.12. The van der Waals surface area contributed by atoms with Crippen LogP contribution in [-0.4, -0.2) is 38.4 Å². The van der Waals surface area contributed by atoms with Crippen molar-refractivity contribution in [3.8, 4) is 0 Å². The number of hydrogen-bond acceptors (Lipinski definition) is 3. The molecule has 0 radical (unpaired) electrons. The van der Waals surface area contributed by atoms with Crippen LogP contribution in [0.1, 0.15) is 0 Å². The van der Waals surface area contributed by atoms with Crippen LogP contribution >= 0.6 is 0 Å². The van der Waals surface area contributed by atoms with E-state index in [2.05, 4.69) is 0 Å². The predicted octanol–water partition coefficient (Wildman–Crippen LogP) is -1.75. The van der Waals surface area contributed by atoms with Crippen LogP contribution in [0.2, 0.25) is 0 Å². The van der Waals surface area contributed by atoms with Crippen LogP contribution in [0.25, 0.3) is 0 Å². The van der Waals surface area contributed by atoms with Crippen molar-refractivity contribution in [3.05, 3.63) is 5.21 Å². The van der Waals surface area contributed by atoms with Crippen LogP contribution in [0.5, 0.6) is 0 Å². The number of nitrogens with zero attached hydrogens (tertiary/aromatic N) is 1. The van der Waals surface area contributed by atoms with Gasteiger partial charge in [-0.2, -0.15) is 5.01 Å². The average Bonchev–Trinajstić information content (AvgIpc) is 1.90. The summed E-state index contributed by atoms with van der Waals surface area (Å²) in [6.45, 7) is 2.91. The second-order valence-corrected chi connectivity index (χ2v) is 2.12. The van der Waals surface area contributed by atoms with Crippen molar-refractivity contribution in [3.63, 3.8) is 0 Å². The number of ether oxygens (including phenoxy) is 1. The number of hydroxylamine groups is 1. The van der Waals surface area contributed by atoms with E-state index in [1.54, 1.807) is 12.1 Å². The Labute approximate surface area is 54.5 Å². The maximum atomic E-state index is 10.7. The molecule has 4 nitrogen and oxygen atoms in total. The lowest BCUT2D eigenvalue weighted by Crippen LogP contribution is -3.11. The minimum Gasteiger partial charge on any atom is -0.613 e. The maximum absolute atomic E-state index is 10.7. The Morgan fingerprint density at radius 3 is 2.33 bits per heavy atom. The van der Waals surface area contributed by atoms with Gasteiger partial charge in [0.1, 0.15) is 0 Å². The van der Waals surface area contributed by atoms with Crippen molar-refractivity contribution in [2.24, 2.45) is 0 Å². The molecular weight excluding hydrogens is 120 g/mol. The zero-order valence-electron chi connectivity index (χ0n) is 5.59. The maximum Gasteiger partial charge on any atom is 0.0841 e. The number of hydrogen-bond donors (Lipinski definition) is 1. The highest BCUT2D eigenvalue weighted by atomic mass is 16.6. The summed E-state index contributed by atoms with van der Waals surface area (Å²) in [5, 5.41) is 12.6. The zero-order valence-corrected chi connectivity index (χ0v) is 5.59. The Hall–Kier alpha value is -0.160. The van der Waals surface area contributed by atoms with E-state index in [1.807, 2.05) is 0 Å². The summed E-state index contributed by atoms with van der Waals surface area (Å²) in [6.07, 6.45) is 0. The molecule has 1 aliphatic rings.